The van der Waals surface area contributed by atoms with Crippen molar-refractivity contribution in [1.82, 2.24) is 4.90 Å². The van der Waals surface area contributed by atoms with E-state index in [0.717, 1.165) is 56.2 Å². The molecule has 1 fully saturated rings. The highest BCUT2D eigenvalue weighted by Gasteiger charge is 2.21. The number of rotatable bonds is 5. The van der Waals surface area contributed by atoms with Crippen LogP contribution in [0.5, 0.6) is 0 Å². The summed E-state index contributed by atoms with van der Waals surface area (Å²) in [6, 6.07) is 10.1. The first-order valence-corrected chi connectivity index (χ1v) is 9.79. The van der Waals surface area contributed by atoms with Crippen molar-refractivity contribution in [3.05, 3.63) is 59.7 Å². The van der Waals surface area contributed by atoms with Crippen molar-refractivity contribution in [2.75, 3.05) is 24.2 Å². The Hall–Kier alpha value is -2.41. The Bertz CT molecular complexity index is 838. The monoisotopic (exact) mass is 390 g/mol. The molecule has 0 unspecified atom stereocenters. The Kier molecular flexibility index (Phi) is 6.45. The van der Waals surface area contributed by atoms with Crippen LogP contribution in [0.1, 0.15) is 29.6 Å². The van der Waals surface area contributed by atoms with Crippen molar-refractivity contribution < 1.29 is 18.4 Å². The maximum atomic E-state index is 13.7. The van der Waals surface area contributed by atoms with E-state index in [4.69, 9.17) is 0 Å². The van der Waals surface area contributed by atoms with Crippen LogP contribution >= 0.6 is 11.8 Å². The molecule has 7 heteroatoms. The summed E-state index contributed by atoms with van der Waals surface area (Å²) in [6.45, 7) is 1.45. The number of likely N-dealkylation sites (tertiary alicyclic amines) is 1. The number of carbonyl (C=O) groups excluding carboxylic acids is 2. The molecule has 0 aliphatic carbocycles. The van der Waals surface area contributed by atoms with Gasteiger partial charge in [0.15, 0.2) is 0 Å². The van der Waals surface area contributed by atoms with Crippen molar-refractivity contribution >= 4 is 29.3 Å². The van der Waals surface area contributed by atoms with Gasteiger partial charge in [0.05, 0.1) is 17.0 Å². The van der Waals surface area contributed by atoms with Crippen LogP contribution in [0.25, 0.3) is 0 Å². The molecule has 0 radical (unpaired) electrons. The van der Waals surface area contributed by atoms with Crippen LogP contribution in [0.15, 0.2) is 47.4 Å². The Labute approximate surface area is 160 Å². The second-order valence-corrected chi connectivity index (χ2v) is 7.33. The first-order valence-electron chi connectivity index (χ1n) is 8.80. The lowest BCUT2D eigenvalue weighted by Gasteiger charge is -2.27. The summed E-state index contributed by atoms with van der Waals surface area (Å²) in [5, 5.41) is 2.73. The number of anilines is 1. The minimum atomic E-state index is -0.700. The molecule has 0 saturated carbocycles. The SMILES string of the molecule is O=C(CSc1ccc(F)cc1F)Nc1ccccc1C(=O)N1CCCCC1. The van der Waals surface area contributed by atoms with Crippen molar-refractivity contribution in [3.63, 3.8) is 0 Å². The van der Waals surface area contributed by atoms with Gasteiger partial charge in [-0.25, -0.2) is 8.78 Å². The molecule has 1 aliphatic rings. The standard InChI is InChI=1S/C20H20F2N2O2S/c21-14-8-9-18(16(22)12-14)27-13-19(25)23-17-7-3-2-6-15(17)20(26)24-10-4-1-5-11-24/h2-3,6-9,12H,1,4-5,10-11,13H2,(H,23,25). The average Bonchev–Trinajstić information content (AvgIpc) is 2.68. The van der Waals surface area contributed by atoms with Crippen LogP contribution in [0.3, 0.4) is 0 Å². The van der Waals surface area contributed by atoms with Gasteiger partial charge in [0.2, 0.25) is 5.91 Å². The van der Waals surface area contributed by atoms with E-state index in [1.54, 1.807) is 29.2 Å². The van der Waals surface area contributed by atoms with Crippen molar-refractivity contribution in [2.24, 2.45) is 0 Å². The third-order valence-electron chi connectivity index (χ3n) is 4.33. The van der Waals surface area contributed by atoms with Crippen molar-refractivity contribution in [2.45, 2.75) is 24.2 Å². The van der Waals surface area contributed by atoms with Crippen LogP contribution in [0.2, 0.25) is 0 Å². The number of para-hydroxylation sites is 1. The van der Waals surface area contributed by atoms with Gasteiger partial charge in [0.1, 0.15) is 11.6 Å². The van der Waals surface area contributed by atoms with E-state index >= 15 is 0 Å². The lowest BCUT2D eigenvalue weighted by molar-refractivity contribution is -0.113. The molecular formula is C20H20F2N2O2S. The summed E-state index contributed by atoms with van der Waals surface area (Å²) >= 11 is 0.976. The number of nitrogens with one attached hydrogen (secondary N) is 1. The third kappa shape index (κ3) is 5.07. The highest BCUT2D eigenvalue weighted by Crippen LogP contribution is 2.24. The molecule has 1 aliphatic heterocycles. The van der Waals surface area contributed by atoms with E-state index in [0.29, 0.717) is 11.3 Å². The van der Waals surface area contributed by atoms with E-state index in [9.17, 15) is 18.4 Å². The molecule has 0 aromatic heterocycles. The number of hydrogen-bond acceptors (Lipinski definition) is 3. The number of piperidine rings is 1. The molecule has 1 saturated heterocycles. The van der Waals surface area contributed by atoms with Gasteiger partial charge in [-0.1, -0.05) is 12.1 Å². The molecule has 2 aromatic carbocycles. The highest BCUT2D eigenvalue weighted by atomic mass is 32.2. The maximum Gasteiger partial charge on any atom is 0.255 e. The topological polar surface area (TPSA) is 49.4 Å². The number of hydrogen-bond donors (Lipinski definition) is 1. The molecule has 0 spiro atoms. The minimum absolute atomic E-state index is 0.0468. The summed E-state index contributed by atoms with van der Waals surface area (Å²) in [4.78, 5) is 27.0. The molecule has 2 amide bonds. The van der Waals surface area contributed by atoms with E-state index in [2.05, 4.69) is 5.32 Å². The molecule has 4 nitrogen and oxygen atoms in total. The molecule has 1 N–H and O–H groups in total. The normalized spacial score (nSPS) is 14.1. The molecule has 2 aromatic rings. The van der Waals surface area contributed by atoms with E-state index < -0.39 is 11.6 Å². The van der Waals surface area contributed by atoms with Crippen LogP contribution in [0, 0.1) is 11.6 Å². The first kappa shape index (κ1) is 19.4. The number of halogens is 2. The predicted octanol–water partition coefficient (Wildman–Crippen LogP) is 4.32. The number of benzene rings is 2. The largest absolute Gasteiger partial charge is 0.339 e. The Morgan fingerprint density at radius 2 is 1.78 bits per heavy atom. The number of nitrogens with zero attached hydrogens (tertiary/aromatic N) is 1. The number of thioether (sulfide) groups is 1. The van der Waals surface area contributed by atoms with Gasteiger partial charge in [-0.2, -0.15) is 0 Å². The van der Waals surface area contributed by atoms with Crippen LogP contribution in [-0.4, -0.2) is 35.6 Å². The fraction of sp³-hybridized carbons (Fsp3) is 0.300. The zero-order valence-electron chi connectivity index (χ0n) is 14.7. The van der Waals surface area contributed by atoms with Gasteiger partial charge in [0, 0.05) is 24.1 Å². The van der Waals surface area contributed by atoms with Crippen LogP contribution < -0.4 is 5.32 Å². The quantitative estimate of drug-likeness (QED) is 0.774. The van der Waals surface area contributed by atoms with E-state index in [1.807, 2.05) is 0 Å². The smallest absolute Gasteiger partial charge is 0.255 e. The second kappa shape index (κ2) is 8.99. The zero-order chi connectivity index (χ0) is 19.2. The molecular weight excluding hydrogens is 370 g/mol. The lowest BCUT2D eigenvalue weighted by Crippen LogP contribution is -2.36. The van der Waals surface area contributed by atoms with E-state index in [1.165, 1.54) is 6.07 Å². The zero-order valence-corrected chi connectivity index (χ0v) is 15.5. The molecule has 142 valence electrons. The molecule has 0 bridgehead atoms. The molecule has 27 heavy (non-hydrogen) atoms. The van der Waals surface area contributed by atoms with Gasteiger partial charge >= 0.3 is 0 Å². The van der Waals surface area contributed by atoms with Crippen LogP contribution in [0.4, 0.5) is 14.5 Å². The molecule has 3 rings (SSSR count). The van der Waals surface area contributed by atoms with Crippen molar-refractivity contribution in [3.8, 4) is 0 Å². The Morgan fingerprint density at radius 1 is 1.04 bits per heavy atom. The third-order valence-corrected chi connectivity index (χ3v) is 5.38. The Morgan fingerprint density at radius 3 is 2.52 bits per heavy atom. The summed E-state index contributed by atoms with van der Waals surface area (Å²) in [6.07, 6.45) is 3.10. The number of carbonyl (C=O) groups is 2. The summed E-state index contributed by atoms with van der Waals surface area (Å²) in [5.41, 5.74) is 0.893. The minimum Gasteiger partial charge on any atom is -0.339 e. The number of amides is 2. The maximum absolute atomic E-state index is 13.7. The fourth-order valence-corrected chi connectivity index (χ4v) is 3.69. The highest BCUT2D eigenvalue weighted by molar-refractivity contribution is 8.00. The van der Waals surface area contributed by atoms with E-state index in [-0.39, 0.29) is 22.5 Å². The van der Waals surface area contributed by atoms with Crippen molar-refractivity contribution in [1.29, 1.82) is 0 Å². The summed E-state index contributed by atoms with van der Waals surface area (Å²) in [7, 11) is 0. The lowest BCUT2D eigenvalue weighted by atomic mass is 10.1. The second-order valence-electron chi connectivity index (χ2n) is 6.31. The van der Waals surface area contributed by atoms with Crippen LogP contribution in [-0.2, 0) is 4.79 Å². The van der Waals surface area contributed by atoms with Gasteiger partial charge in [0.25, 0.3) is 5.91 Å². The van der Waals surface area contributed by atoms with Gasteiger partial charge in [-0.05, 0) is 43.5 Å². The van der Waals surface area contributed by atoms with Gasteiger partial charge < -0.3 is 10.2 Å². The summed E-state index contributed by atoms with van der Waals surface area (Å²) in [5.74, 6) is -1.86. The Balaban J connectivity index is 1.64. The predicted molar refractivity (Wildman–Crippen MR) is 102 cm³/mol. The average molecular weight is 390 g/mol. The molecule has 1 heterocycles. The van der Waals surface area contributed by atoms with Gasteiger partial charge in [-0.15, -0.1) is 11.8 Å². The van der Waals surface area contributed by atoms with Gasteiger partial charge in [-0.3, -0.25) is 9.59 Å². The fourth-order valence-electron chi connectivity index (χ4n) is 2.97. The molecule has 0 atom stereocenters. The summed E-state index contributed by atoms with van der Waals surface area (Å²) < 4.78 is 26.6. The first-order chi connectivity index (χ1) is 13.0.